The van der Waals surface area contributed by atoms with E-state index in [0.29, 0.717) is 0 Å². The molecule has 0 radical (unpaired) electrons. The Hall–Kier alpha value is -3.19. The number of ether oxygens (including phenoxy) is 16. The molecule has 46 nitrogen and oxygen atoms in total. The van der Waals surface area contributed by atoms with E-state index < -0.39 is 334 Å². The maximum atomic E-state index is 13.4. The van der Waals surface area contributed by atoms with Gasteiger partial charge in [0.15, 0.2) is 50.3 Å². The van der Waals surface area contributed by atoms with Crippen molar-refractivity contribution in [3.05, 3.63) is 0 Å². The number of aliphatic hydroxyl groups is 24. The molecule has 3 amide bonds. The van der Waals surface area contributed by atoms with Crippen LogP contribution >= 0.6 is 0 Å². The first-order valence-electron chi connectivity index (χ1n) is 34.1. The van der Waals surface area contributed by atoms with Gasteiger partial charge in [-0.2, -0.15) is 0 Å². The molecule has 8 fully saturated rings. The number of carbonyl (C=O) groups is 3. The zero-order valence-electron chi connectivity index (χ0n) is 57.8. The van der Waals surface area contributed by atoms with Crippen LogP contribution in [0.4, 0.5) is 0 Å². The molecular weight excluding hydrogens is 1450 g/mol. The predicted octanol–water partition coefficient (Wildman–Crippen LogP) is -17.5. The topological polar surface area (TPSA) is 721 Å². The van der Waals surface area contributed by atoms with Gasteiger partial charge in [-0.15, -0.1) is 0 Å². The third-order valence-electron chi connectivity index (χ3n) is 19.5. The Morgan fingerprint density at radius 3 is 1.16 bits per heavy atom. The summed E-state index contributed by atoms with van der Waals surface area (Å²) in [5.74, 6) is -2.78. The molecule has 0 bridgehead atoms. The zero-order valence-corrected chi connectivity index (χ0v) is 57.8. The second kappa shape index (κ2) is 38.6. The molecule has 27 N–H and O–H groups in total. The van der Waals surface area contributed by atoms with Gasteiger partial charge in [-0.3, -0.25) is 14.4 Å². The van der Waals surface area contributed by atoms with E-state index in [2.05, 4.69) is 16.0 Å². The van der Waals surface area contributed by atoms with Crippen LogP contribution in [0.25, 0.3) is 0 Å². The summed E-state index contributed by atoms with van der Waals surface area (Å²) in [6.45, 7) is -1.13. The van der Waals surface area contributed by atoms with Crippen LogP contribution in [0.5, 0.6) is 0 Å². The van der Waals surface area contributed by atoms with E-state index in [1.54, 1.807) is 0 Å². The lowest BCUT2D eigenvalue weighted by atomic mass is 9.93. The van der Waals surface area contributed by atoms with Crippen LogP contribution in [0, 0.1) is 0 Å². The molecule has 0 aromatic carbocycles. The van der Waals surface area contributed by atoms with Crippen LogP contribution in [-0.2, 0) is 90.2 Å². The van der Waals surface area contributed by atoms with Gasteiger partial charge in [0.25, 0.3) is 0 Å². The first-order valence-corrected chi connectivity index (χ1v) is 34.1. The van der Waals surface area contributed by atoms with E-state index in [0.717, 1.165) is 20.8 Å². The first kappa shape index (κ1) is 88.4. The van der Waals surface area contributed by atoms with E-state index in [1.165, 1.54) is 20.8 Å². The molecule has 46 heteroatoms. The Balaban J connectivity index is 1.05. The Labute approximate surface area is 602 Å². The lowest BCUT2D eigenvalue weighted by Gasteiger charge is -2.52. The zero-order chi connectivity index (χ0) is 78.5. The fraction of sp³-hybridized carbons (Fsp3) is 0.950. The molecule has 106 heavy (non-hydrogen) atoms. The molecule has 8 heterocycles. The quantitative estimate of drug-likeness (QED) is 0.0331. The standard InChI is InChI=1S/C60H103N3O43/c1-14-29(74)37(82)42(87)55(92-14)102-48-26(12-69)99-54(28(63-19(6)72)49(48)103-60-52(41(86)34(79)23(9-66)97-60)106-57-44(89)39(84)31(76)16(3)94-57)104-50-35(80)24(10-67)95-58(45(50)90)101-47-25(11-68)98-53(27(36(47)81)62-18(5)71)91-13-21(73)32(77)46(20(7-64)61-17(4)70)100-59-51(40(85)33(78)22(8-65)96-59)105-56-43(88)38(83)30(75)15(2)93-56/h14-16,20-60,64-69,73-90H,7-13H2,1-6H3,(H,61,70)(H,62,71)(H,63,72)/t14-,15-,16-,20-,21+,22+,23+,24+,25+,26+,27+,28+,29+,30+,31+,32-,33-,34-,35-,36+,37+,38+,39+,40-,41-,42-,43-,44-,45+,46+,47+,48+,49+,50-,51+,52+,53+,54-,55-,56-,57-,58-,59-,60-/m0/s1. The highest BCUT2D eigenvalue weighted by Crippen LogP contribution is 2.40. The number of hydrogen-bond donors (Lipinski definition) is 27. The molecule has 44 atom stereocenters. The predicted molar refractivity (Wildman–Crippen MR) is 330 cm³/mol. The summed E-state index contributed by atoms with van der Waals surface area (Å²) in [6, 6.07) is -5.63. The van der Waals surface area contributed by atoms with Crippen LogP contribution in [0.2, 0.25) is 0 Å². The van der Waals surface area contributed by atoms with Crippen LogP contribution in [-0.4, -0.2) is 456 Å². The fourth-order valence-corrected chi connectivity index (χ4v) is 13.5. The summed E-state index contributed by atoms with van der Waals surface area (Å²) < 4.78 is 94.7. The van der Waals surface area contributed by atoms with E-state index in [4.69, 9.17) is 75.8 Å². The monoisotopic (exact) mass is 1550 g/mol. The number of aliphatic hydroxyl groups excluding tert-OH is 24. The maximum absolute atomic E-state index is 13.4. The molecule has 0 unspecified atom stereocenters. The smallest absolute Gasteiger partial charge is 0.217 e. The van der Waals surface area contributed by atoms with Gasteiger partial charge in [0, 0.05) is 20.8 Å². The largest absolute Gasteiger partial charge is 0.394 e. The summed E-state index contributed by atoms with van der Waals surface area (Å²) >= 11 is 0. The summed E-state index contributed by atoms with van der Waals surface area (Å²) in [5.41, 5.74) is 0. The van der Waals surface area contributed by atoms with Crippen molar-refractivity contribution in [1.29, 1.82) is 0 Å². The molecule has 0 saturated carbocycles. The number of nitrogens with one attached hydrogen (secondary N) is 3. The van der Waals surface area contributed by atoms with E-state index in [9.17, 15) is 137 Å². The van der Waals surface area contributed by atoms with Gasteiger partial charge in [0.2, 0.25) is 17.7 Å². The third-order valence-corrected chi connectivity index (χ3v) is 19.5. The highest BCUT2D eigenvalue weighted by molar-refractivity contribution is 5.74. The summed E-state index contributed by atoms with van der Waals surface area (Å²) in [6.07, 6.45) is -81.2. The fourth-order valence-electron chi connectivity index (χ4n) is 13.5. The Bertz CT molecular complexity index is 2730. The number of rotatable bonds is 29. The van der Waals surface area contributed by atoms with Crippen LogP contribution < -0.4 is 16.0 Å². The second-order valence-electron chi connectivity index (χ2n) is 27.1. The van der Waals surface area contributed by atoms with Gasteiger partial charge in [0.1, 0.15) is 195 Å². The summed E-state index contributed by atoms with van der Waals surface area (Å²) in [7, 11) is 0. The molecule has 616 valence electrons. The molecule has 0 aromatic rings. The molecule has 8 aliphatic rings. The van der Waals surface area contributed by atoms with Gasteiger partial charge in [-0.1, -0.05) is 0 Å². The van der Waals surface area contributed by atoms with Crippen molar-refractivity contribution in [3.8, 4) is 0 Å². The normalized spacial score (nSPS) is 47.9. The molecule has 0 spiro atoms. The first-order chi connectivity index (χ1) is 50.0. The van der Waals surface area contributed by atoms with E-state index in [-0.39, 0.29) is 0 Å². The van der Waals surface area contributed by atoms with Crippen molar-refractivity contribution in [2.24, 2.45) is 0 Å². The number of carbonyl (C=O) groups excluding carboxylic acids is 3. The van der Waals surface area contributed by atoms with Crippen molar-refractivity contribution in [2.45, 2.75) is 311 Å². The Morgan fingerprint density at radius 2 is 0.708 bits per heavy atom. The van der Waals surface area contributed by atoms with Crippen molar-refractivity contribution < 1.29 is 213 Å². The molecular formula is C60H103N3O43. The van der Waals surface area contributed by atoms with Crippen LogP contribution in [0.3, 0.4) is 0 Å². The minimum atomic E-state index is -2.41. The van der Waals surface area contributed by atoms with Gasteiger partial charge in [-0.05, 0) is 20.8 Å². The van der Waals surface area contributed by atoms with E-state index >= 15 is 0 Å². The van der Waals surface area contributed by atoms with Crippen molar-refractivity contribution in [2.75, 3.05) is 46.2 Å². The molecule has 8 aliphatic heterocycles. The summed E-state index contributed by atoms with van der Waals surface area (Å²) in [4.78, 5) is 38.8. The van der Waals surface area contributed by atoms with Gasteiger partial charge < -0.3 is 214 Å². The van der Waals surface area contributed by atoms with Crippen LogP contribution in [0.15, 0.2) is 0 Å². The number of hydrogen-bond acceptors (Lipinski definition) is 43. The minimum absolute atomic E-state index is 0.870. The molecule has 0 aliphatic carbocycles. The molecule has 8 saturated heterocycles. The highest BCUT2D eigenvalue weighted by Gasteiger charge is 2.60. The average Bonchev–Trinajstić information content (AvgIpc) is 0.759. The Morgan fingerprint density at radius 1 is 0.340 bits per heavy atom. The minimum Gasteiger partial charge on any atom is -0.394 e. The lowest BCUT2D eigenvalue weighted by molar-refractivity contribution is -0.400. The number of amides is 3. The van der Waals surface area contributed by atoms with Crippen LogP contribution in [0.1, 0.15) is 41.5 Å². The van der Waals surface area contributed by atoms with Gasteiger partial charge >= 0.3 is 0 Å². The van der Waals surface area contributed by atoms with Crippen molar-refractivity contribution in [3.63, 3.8) is 0 Å². The SMILES string of the molecule is CC(=O)N[C@H]1[C@H](OC[C@@H](O)[C@H](O)[C@H](O[C@@H]2O[C@H](CO)[C@H](O)[C@H](O)[C@H]2O[C@@H]2O[C@@H](C)[C@@H](O)[C@@H](O)[C@@H]2O)[C@H](CO)NC(C)=O)O[C@H](CO)[C@@H](O[C@@H]2O[C@H](CO)[C@H](O)[C@H](O[C@@H]3O[C@H](CO)[C@@H](O[C@@H]4O[C@@H](C)[C@@H](O)[C@@H](O)[C@@H]4O)[C@H](O[C@@H]4O[C@H](CO)[C@H](O)[C@H](O)[C@H]4O[C@@H]4O[C@@H](C)[C@@H](O)[C@@H](O)[C@@H]4O)[C@H]3NC(C)=O)[C@H]2O)[C@@H]1O. The van der Waals surface area contributed by atoms with E-state index in [1.807, 2.05) is 0 Å². The third kappa shape index (κ3) is 19.7. The second-order valence-corrected chi connectivity index (χ2v) is 27.1. The highest BCUT2D eigenvalue weighted by atomic mass is 16.8. The average molecular weight is 1550 g/mol. The van der Waals surface area contributed by atoms with Gasteiger partial charge in [0.05, 0.1) is 70.6 Å². The van der Waals surface area contributed by atoms with Gasteiger partial charge in [-0.25, -0.2) is 0 Å². The van der Waals surface area contributed by atoms with Crippen molar-refractivity contribution >= 4 is 17.7 Å². The Kier molecular flexibility index (Phi) is 32.1. The summed E-state index contributed by atoms with van der Waals surface area (Å²) in [5, 5.41) is 272. The maximum Gasteiger partial charge on any atom is 0.217 e. The van der Waals surface area contributed by atoms with Crippen molar-refractivity contribution in [1.82, 2.24) is 16.0 Å². The lowest BCUT2D eigenvalue weighted by Crippen LogP contribution is -2.71. The molecule has 8 rings (SSSR count). The molecule has 0 aromatic heterocycles.